The van der Waals surface area contributed by atoms with Gasteiger partial charge in [-0.05, 0) is 50.4 Å². The lowest BCUT2D eigenvalue weighted by atomic mass is 9.81. The van der Waals surface area contributed by atoms with E-state index in [9.17, 15) is 4.79 Å². The van der Waals surface area contributed by atoms with Crippen molar-refractivity contribution in [3.05, 3.63) is 10.6 Å². The number of hydrogen-bond acceptors (Lipinski definition) is 6. The number of nitrogens with one attached hydrogen (secondary N) is 1. The summed E-state index contributed by atoms with van der Waals surface area (Å²) in [7, 11) is 0. The van der Waals surface area contributed by atoms with Gasteiger partial charge in [0.1, 0.15) is 4.88 Å². The Hall–Kier alpha value is -1.47. The van der Waals surface area contributed by atoms with E-state index in [0.29, 0.717) is 10.8 Å². The first-order valence-corrected chi connectivity index (χ1v) is 10.7. The highest BCUT2D eigenvalue weighted by Crippen LogP contribution is 2.57. The minimum absolute atomic E-state index is 0.113. The van der Waals surface area contributed by atoms with Gasteiger partial charge in [-0.15, -0.1) is 0 Å². The lowest BCUT2D eigenvalue weighted by Crippen LogP contribution is -2.36. The van der Waals surface area contributed by atoms with Gasteiger partial charge < -0.3 is 9.64 Å². The third kappa shape index (κ3) is 2.76. The van der Waals surface area contributed by atoms with E-state index in [1.165, 1.54) is 42.7 Å². The zero-order valence-electron chi connectivity index (χ0n) is 15.2. The first-order chi connectivity index (χ1) is 12.7. The van der Waals surface area contributed by atoms with Crippen molar-refractivity contribution in [3.63, 3.8) is 0 Å². The zero-order chi connectivity index (χ0) is 17.7. The summed E-state index contributed by atoms with van der Waals surface area (Å²) < 4.78 is 5.39. The topological polar surface area (TPSA) is 66.8 Å². The van der Waals surface area contributed by atoms with Crippen molar-refractivity contribution in [2.45, 2.75) is 39.0 Å². The number of hydrazone groups is 1. The largest absolute Gasteiger partial charge is 0.378 e. The van der Waals surface area contributed by atoms with Crippen molar-refractivity contribution < 1.29 is 9.53 Å². The van der Waals surface area contributed by atoms with E-state index in [1.807, 2.05) is 6.92 Å². The van der Waals surface area contributed by atoms with Crippen LogP contribution in [0, 0.1) is 30.6 Å². The molecule has 1 N–H and O–H groups in total. The fraction of sp³-hybridized carbons (Fsp3) is 0.737. The van der Waals surface area contributed by atoms with Crippen LogP contribution < -0.4 is 10.3 Å². The molecule has 1 amide bonds. The maximum absolute atomic E-state index is 12.7. The highest BCUT2D eigenvalue weighted by atomic mass is 32.1. The van der Waals surface area contributed by atoms with Gasteiger partial charge in [-0.3, -0.25) is 4.79 Å². The second-order valence-electron chi connectivity index (χ2n) is 8.12. The van der Waals surface area contributed by atoms with E-state index in [-0.39, 0.29) is 5.91 Å². The highest BCUT2D eigenvalue weighted by molar-refractivity contribution is 7.17. The summed E-state index contributed by atoms with van der Waals surface area (Å²) in [5.74, 6) is 3.11. The number of fused-ring (bicyclic) bond motifs is 5. The molecule has 6 nitrogen and oxygen atoms in total. The molecule has 4 atom stereocenters. The monoisotopic (exact) mass is 374 g/mol. The Kier molecular flexibility index (Phi) is 4.24. The predicted octanol–water partition coefficient (Wildman–Crippen LogP) is 2.83. The summed E-state index contributed by atoms with van der Waals surface area (Å²) in [6.07, 6.45) is 6.54. The fourth-order valence-corrected chi connectivity index (χ4v) is 6.61. The minimum Gasteiger partial charge on any atom is -0.378 e. The van der Waals surface area contributed by atoms with Crippen LogP contribution in [0.15, 0.2) is 5.10 Å². The molecule has 3 saturated carbocycles. The van der Waals surface area contributed by atoms with Gasteiger partial charge in [-0.2, -0.15) is 5.10 Å². The van der Waals surface area contributed by atoms with E-state index >= 15 is 0 Å². The fourth-order valence-electron chi connectivity index (χ4n) is 5.60. The molecule has 0 aromatic carbocycles. The number of thiazole rings is 1. The summed E-state index contributed by atoms with van der Waals surface area (Å²) in [6.45, 7) is 5.02. The predicted molar refractivity (Wildman–Crippen MR) is 102 cm³/mol. The molecule has 5 rings (SSSR count). The van der Waals surface area contributed by atoms with Gasteiger partial charge in [-0.25, -0.2) is 10.4 Å². The van der Waals surface area contributed by atoms with Gasteiger partial charge >= 0.3 is 0 Å². The number of rotatable bonds is 3. The van der Waals surface area contributed by atoms with Gasteiger partial charge in [0.2, 0.25) is 0 Å². The average molecular weight is 375 g/mol. The Labute approximate surface area is 158 Å². The van der Waals surface area contributed by atoms with E-state index in [4.69, 9.17) is 4.74 Å². The molecule has 26 heavy (non-hydrogen) atoms. The second-order valence-corrected chi connectivity index (χ2v) is 9.10. The van der Waals surface area contributed by atoms with Crippen LogP contribution >= 0.6 is 11.3 Å². The number of ether oxygens (including phenoxy) is 1. The lowest BCUT2D eigenvalue weighted by Gasteiger charge is -2.26. The molecule has 1 aromatic rings. The molecule has 1 saturated heterocycles. The SMILES string of the molecule is Cc1nc(N2CCOCC2)sc1C(=O)NN=C1CC2CC1C1CCCC21. The van der Waals surface area contributed by atoms with E-state index < -0.39 is 0 Å². The molecule has 4 unspecified atom stereocenters. The number of aryl methyl sites for hydroxylation is 1. The van der Waals surface area contributed by atoms with Gasteiger partial charge in [0, 0.05) is 24.7 Å². The maximum atomic E-state index is 12.7. The average Bonchev–Trinajstić information content (AvgIpc) is 3.41. The van der Waals surface area contributed by atoms with E-state index in [1.54, 1.807) is 0 Å². The zero-order valence-corrected chi connectivity index (χ0v) is 16.1. The van der Waals surface area contributed by atoms with E-state index in [2.05, 4.69) is 20.4 Å². The maximum Gasteiger partial charge on any atom is 0.283 e. The number of hydrogen-bond donors (Lipinski definition) is 1. The van der Waals surface area contributed by atoms with Crippen molar-refractivity contribution >= 4 is 28.1 Å². The van der Waals surface area contributed by atoms with Gasteiger partial charge in [0.25, 0.3) is 5.91 Å². The van der Waals surface area contributed by atoms with Crippen molar-refractivity contribution in [1.82, 2.24) is 10.4 Å². The molecule has 140 valence electrons. The Morgan fingerprint density at radius 2 is 2.12 bits per heavy atom. The highest BCUT2D eigenvalue weighted by Gasteiger charge is 2.52. The standard InChI is InChI=1S/C19H26N4O2S/c1-11-17(26-19(20-11)23-5-7-25-8-6-23)18(24)22-21-16-10-12-9-15(16)14-4-2-3-13(12)14/h12-15H,2-10H2,1H3,(H,22,24). The molecule has 1 aliphatic heterocycles. The molecule has 0 radical (unpaired) electrons. The van der Waals surface area contributed by atoms with Crippen LogP contribution in [-0.4, -0.2) is 42.9 Å². The molecular formula is C19H26N4O2S. The van der Waals surface area contributed by atoms with Gasteiger partial charge in [0.05, 0.1) is 18.9 Å². The number of carbonyl (C=O) groups excluding carboxylic acids is 1. The van der Waals surface area contributed by atoms with Crippen molar-refractivity contribution in [3.8, 4) is 0 Å². The van der Waals surface area contributed by atoms with Crippen LogP contribution in [-0.2, 0) is 4.74 Å². The Morgan fingerprint density at radius 3 is 2.96 bits per heavy atom. The third-order valence-electron chi connectivity index (χ3n) is 6.78. The van der Waals surface area contributed by atoms with Crippen molar-refractivity contribution in [2.75, 3.05) is 31.2 Å². The van der Waals surface area contributed by atoms with Crippen molar-refractivity contribution in [1.29, 1.82) is 0 Å². The smallest absolute Gasteiger partial charge is 0.283 e. The first-order valence-electron chi connectivity index (χ1n) is 9.87. The Balaban J connectivity index is 1.27. The van der Waals surface area contributed by atoms with Crippen LogP contribution in [0.4, 0.5) is 5.13 Å². The molecule has 4 aliphatic rings. The second kappa shape index (κ2) is 6.60. The number of aromatic nitrogens is 1. The molecule has 4 fully saturated rings. The molecule has 0 spiro atoms. The molecule has 7 heteroatoms. The summed E-state index contributed by atoms with van der Waals surface area (Å²) in [5, 5.41) is 5.48. The van der Waals surface area contributed by atoms with E-state index in [0.717, 1.165) is 61.3 Å². The lowest BCUT2D eigenvalue weighted by molar-refractivity contribution is 0.0957. The van der Waals surface area contributed by atoms with Crippen LogP contribution in [0.1, 0.15) is 47.5 Å². The quantitative estimate of drug-likeness (QED) is 0.826. The van der Waals surface area contributed by atoms with Crippen LogP contribution in [0.2, 0.25) is 0 Å². The summed E-state index contributed by atoms with van der Waals surface area (Å²) in [5.41, 5.74) is 4.87. The number of nitrogens with zero attached hydrogens (tertiary/aromatic N) is 3. The van der Waals surface area contributed by atoms with Gasteiger partial charge in [-0.1, -0.05) is 17.8 Å². The van der Waals surface area contributed by atoms with Crippen LogP contribution in [0.25, 0.3) is 0 Å². The molecule has 3 aliphatic carbocycles. The van der Waals surface area contributed by atoms with Crippen molar-refractivity contribution in [2.24, 2.45) is 28.8 Å². The Bertz CT molecular complexity index is 740. The molecule has 1 aromatic heterocycles. The molecular weight excluding hydrogens is 348 g/mol. The summed E-state index contributed by atoms with van der Waals surface area (Å²) >= 11 is 1.47. The minimum atomic E-state index is -0.113. The molecule has 2 heterocycles. The van der Waals surface area contributed by atoms with Gasteiger partial charge in [0.15, 0.2) is 5.13 Å². The first kappa shape index (κ1) is 16.7. The summed E-state index contributed by atoms with van der Waals surface area (Å²) in [4.78, 5) is 20.1. The number of carbonyl (C=O) groups is 1. The molecule has 2 bridgehead atoms. The normalized spacial score (nSPS) is 34.5. The summed E-state index contributed by atoms with van der Waals surface area (Å²) in [6, 6.07) is 0. The van der Waals surface area contributed by atoms with Crippen LogP contribution in [0.5, 0.6) is 0 Å². The number of anilines is 1. The third-order valence-corrected chi connectivity index (χ3v) is 7.99. The Morgan fingerprint density at radius 1 is 1.31 bits per heavy atom. The number of morpholine rings is 1. The van der Waals surface area contributed by atoms with Crippen LogP contribution in [0.3, 0.4) is 0 Å². The number of amides is 1.